The maximum atomic E-state index is 13.5. The molecule has 1 fully saturated rings. The summed E-state index contributed by atoms with van der Waals surface area (Å²) < 4.78 is 6.60. The highest BCUT2D eigenvalue weighted by atomic mass is 16.5. The second kappa shape index (κ2) is 14.0. The van der Waals surface area contributed by atoms with Gasteiger partial charge in [-0.3, -0.25) is 14.5 Å². The third-order valence-electron chi connectivity index (χ3n) is 8.30. The smallest absolute Gasteiger partial charge is 0.335 e. The number of aliphatic hydroxyl groups excluding tert-OH is 1. The summed E-state index contributed by atoms with van der Waals surface area (Å²) in [4.78, 5) is 41.4. The number of nitrogens with zero attached hydrogens (tertiary/aromatic N) is 2. The monoisotopic (exact) mass is 565 g/mol. The number of carbonyl (C=O) groups is 3. The van der Waals surface area contributed by atoms with Gasteiger partial charge in [-0.2, -0.15) is 0 Å². The van der Waals surface area contributed by atoms with Gasteiger partial charge in [0.25, 0.3) is 0 Å². The second-order valence-electron chi connectivity index (χ2n) is 11.7. The summed E-state index contributed by atoms with van der Waals surface area (Å²) in [6.45, 7) is 5.35. The molecule has 0 radical (unpaired) electrons. The number of aromatic carboxylic acids is 1. The molecule has 2 aliphatic rings. The van der Waals surface area contributed by atoms with Gasteiger partial charge in [0, 0.05) is 42.7 Å². The Morgan fingerprint density at radius 2 is 1.83 bits per heavy atom. The zero-order valence-corrected chi connectivity index (χ0v) is 24.3. The summed E-state index contributed by atoms with van der Waals surface area (Å²) in [5.74, 6) is -0.422. The van der Waals surface area contributed by atoms with Gasteiger partial charge in [-0.15, -0.1) is 0 Å². The van der Waals surface area contributed by atoms with Crippen LogP contribution in [0.5, 0.6) is 5.75 Å². The highest BCUT2D eigenvalue weighted by molar-refractivity contribution is 5.93. The van der Waals surface area contributed by atoms with E-state index in [9.17, 15) is 24.6 Å². The molecule has 2 aromatic carbocycles. The number of hydrogen-bond donors (Lipinski definition) is 3. The van der Waals surface area contributed by atoms with Crippen molar-refractivity contribution in [1.82, 2.24) is 9.80 Å². The third-order valence-corrected chi connectivity index (χ3v) is 8.30. The number of carbonyl (C=O) groups excluding carboxylic acids is 2. The standard InChI is InChI=1S/C32H43N3O6/c1-21-17-35(22(2)20-36)30(37)16-26-15-27(33-31(38)24-7-5-4-6-8-24)13-14-28(26)41-29(21)19-34(3)18-23-9-11-25(12-10-23)32(39)40/h9-15,21-22,24,29,36H,4-8,16-20H2,1-3H3,(H,33,38)(H,39,40)/t21-,22+,29+/m1/s1. The van der Waals surface area contributed by atoms with Crippen LogP contribution < -0.4 is 10.1 Å². The minimum atomic E-state index is -0.954. The van der Waals surface area contributed by atoms with Crippen molar-refractivity contribution < 1.29 is 29.3 Å². The lowest BCUT2D eigenvalue weighted by molar-refractivity contribution is -0.134. The Morgan fingerprint density at radius 1 is 1.12 bits per heavy atom. The van der Waals surface area contributed by atoms with Crippen molar-refractivity contribution >= 4 is 23.5 Å². The van der Waals surface area contributed by atoms with Crippen LogP contribution in [0.1, 0.15) is 67.4 Å². The van der Waals surface area contributed by atoms with Crippen LogP contribution in [0.15, 0.2) is 42.5 Å². The van der Waals surface area contributed by atoms with Crippen LogP contribution in [0.3, 0.4) is 0 Å². The Morgan fingerprint density at radius 3 is 2.49 bits per heavy atom. The van der Waals surface area contributed by atoms with Crippen molar-refractivity contribution in [3.8, 4) is 5.75 Å². The van der Waals surface area contributed by atoms with Crippen molar-refractivity contribution in [2.24, 2.45) is 11.8 Å². The molecule has 3 N–H and O–H groups in total. The molecule has 2 aromatic rings. The number of anilines is 1. The normalized spacial score (nSPS) is 20.8. The number of likely N-dealkylation sites (N-methyl/N-ethyl adjacent to an activating group) is 1. The molecular formula is C32H43N3O6. The van der Waals surface area contributed by atoms with Crippen LogP contribution in [0.4, 0.5) is 5.69 Å². The van der Waals surface area contributed by atoms with E-state index < -0.39 is 5.97 Å². The summed E-state index contributed by atoms with van der Waals surface area (Å²) in [5.41, 5.74) is 2.59. The van der Waals surface area contributed by atoms with E-state index in [0.717, 1.165) is 31.2 Å². The molecule has 0 spiro atoms. The maximum absolute atomic E-state index is 13.5. The fraction of sp³-hybridized carbons (Fsp3) is 0.531. The SMILES string of the molecule is C[C@@H]1CN([C@@H](C)CO)C(=O)Cc2cc(NC(=O)C3CCCCC3)ccc2O[C@H]1CN(C)Cc1ccc(C(=O)O)cc1. The molecule has 0 aromatic heterocycles. The number of ether oxygens (including phenoxy) is 1. The van der Waals surface area contributed by atoms with Gasteiger partial charge in [0.1, 0.15) is 11.9 Å². The van der Waals surface area contributed by atoms with Crippen LogP contribution >= 0.6 is 0 Å². The van der Waals surface area contributed by atoms with Gasteiger partial charge in [-0.1, -0.05) is 38.3 Å². The van der Waals surface area contributed by atoms with Gasteiger partial charge in [-0.05, 0) is 62.7 Å². The molecule has 9 nitrogen and oxygen atoms in total. The summed E-state index contributed by atoms with van der Waals surface area (Å²) >= 11 is 0. The van der Waals surface area contributed by atoms with Crippen molar-refractivity contribution in [2.45, 2.75) is 71.1 Å². The zero-order chi connectivity index (χ0) is 29.5. The molecule has 1 saturated carbocycles. The average Bonchev–Trinajstić information content (AvgIpc) is 3.00. The number of carboxylic acids is 1. The summed E-state index contributed by atoms with van der Waals surface area (Å²) in [7, 11) is 1.98. The quantitative estimate of drug-likeness (QED) is 0.417. The van der Waals surface area contributed by atoms with E-state index in [-0.39, 0.29) is 54.4 Å². The fourth-order valence-corrected chi connectivity index (χ4v) is 5.77. The average molecular weight is 566 g/mol. The predicted molar refractivity (Wildman–Crippen MR) is 157 cm³/mol. The molecule has 0 unspecified atom stereocenters. The summed E-state index contributed by atoms with van der Waals surface area (Å²) in [5, 5.41) is 22.1. The van der Waals surface area contributed by atoms with Gasteiger partial charge < -0.3 is 25.2 Å². The first kappa shape index (κ1) is 30.5. The third kappa shape index (κ3) is 8.07. The Bertz CT molecular complexity index is 1210. The Balaban J connectivity index is 1.55. The molecule has 0 saturated heterocycles. The lowest BCUT2D eigenvalue weighted by Gasteiger charge is -2.34. The first-order chi connectivity index (χ1) is 19.6. The van der Waals surface area contributed by atoms with Gasteiger partial charge in [0.05, 0.1) is 24.6 Å². The minimum absolute atomic E-state index is 0.0221. The van der Waals surface area contributed by atoms with Crippen molar-refractivity contribution in [3.05, 3.63) is 59.2 Å². The first-order valence-electron chi connectivity index (χ1n) is 14.7. The molecule has 1 aliphatic carbocycles. The number of aliphatic hydroxyl groups is 1. The Hall–Kier alpha value is -3.43. The van der Waals surface area contributed by atoms with Crippen LogP contribution in [0, 0.1) is 11.8 Å². The lowest BCUT2D eigenvalue weighted by Crippen LogP contribution is -2.47. The Kier molecular flexibility index (Phi) is 10.4. The van der Waals surface area contributed by atoms with Gasteiger partial charge in [0.15, 0.2) is 0 Å². The molecule has 41 heavy (non-hydrogen) atoms. The Labute approximate surface area is 242 Å². The van der Waals surface area contributed by atoms with Crippen LogP contribution in [-0.4, -0.2) is 76.7 Å². The van der Waals surface area contributed by atoms with E-state index in [2.05, 4.69) is 10.2 Å². The molecule has 222 valence electrons. The number of benzene rings is 2. The summed E-state index contributed by atoms with van der Waals surface area (Å²) in [6.07, 6.45) is 4.98. The van der Waals surface area contributed by atoms with E-state index in [1.54, 1.807) is 17.0 Å². The largest absolute Gasteiger partial charge is 0.488 e. The number of carboxylic acid groups (broad SMARTS) is 1. The topological polar surface area (TPSA) is 119 Å². The molecule has 9 heteroatoms. The number of amides is 2. The predicted octanol–water partition coefficient (Wildman–Crippen LogP) is 4.18. The maximum Gasteiger partial charge on any atom is 0.335 e. The number of rotatable bonds is 9. The summed E-state index contributed by atoms with van der Waals surface area (Å²) in [6, 6.07) is 12.0. The molecule has 3 atom stereocenters. The highest BCUT2D eigenvalue weighted by Gasteiger charge is 2.31. The van der Waals surface area contributed by atoms with E-state index in [4.69, 9.17) is 4.74 Å². The molecular weight excluding hydrogens is 522 g/mol. The molecule has 4 rings (SSSR count). The van der Waals surface area contributed by atoms with Gasteiger partial charge in [-0.25, -0.2) is 4.79 Å². The second-order valence-corrected chi connectivity index (χ2v) is 11.7. The molecule has 0 bridgehead atoms. The fourth-order valence-electron chi connectivity index (χ4n) is 5.77. The van der Waals surface area contributed by atoms with E-state index >= 15 is 0 Å². The van der Waals surface area contributed by atoms with Crippen LogP contribution in [-0.2, 0) is 22.6 Å². The van der Waals surface area contributed by atoms with E-state index in [1.807, 2.05) is 51.2 Å². The van der Waals surface area contributed by atoms with Crippen molar-refractivity contribution in [2.75, 3.05) is 32.1 Å². The zero-order valence-electron chi connectivity index (χ0n) is 24.3. The number of nitrogens with one attached hydrogen (secondary N) is 1. The van der Waals surface area contributed by atoms with Crippen LogP contribution in [0.25, 0.3) is 0 Å². The molecule has 1 heterocycles. The van der Waals surface area contributed by atoms with Crippen molar-refractivity contribution in [1.29, 1.82) is 0 Å². The number of fused-ring (bicyclic) bond motifs is 1. The van der Waals surface area contributed by atoms with Gasteiger partial charge >= 0.3 is 5.97 Å². The van der Waals surface area contributed by atoms with E-state index in [1.165, 1.54) is 6.42 Å². The first-order valence-corrected chi connectivity index (χ1v) is 14.7. The molecule has 2 amide bonds. The van der Waals surface area contributed by atoms with Gasteiger partial charge in [0.2, 0.25) is 11.8 Å². The minimum Gasteiger partial charge on any atom is -0.488 e. The van der Waals surface area contributed by atoms with E-state index in [0.29, 0.717) is 36.6 Å². The highest BCUT2D eigenvalue weighted by Crippen LogP contribution is 2.31. The number of hydrogen-bond acceptors (Lipinski definition) is 6. The van der Waals surface area contributed by atoms with Crippen LogP contribution in [0.2, 0.25) is 0 Å². The lowest BCUT2D eigenvalue weighted by atomic mass is 9.88. The molecule has 1 aliphatic heterocycles. The van der Waals surface area contributed by atoms with Crippen molar-refractivity contribution in [3.63, 3.8) is 0 Å².